The van der Waals surface area contributed by atoms with Gasteiger partial charge in [-0.15, -0.1) is 0 Å². The van der Waals surface area contributed by atoms with E-state index in [9.17, 15) is 0 Å². The highest BCUT2D eigenvalue weighted by Crippen LogP contribution is 1.97. The summed E-state index contributed by atoms with van der Waals surface area (Å²) < 4.78 is 8.43. The summed E-state index contributed by atoms with van der Waals surface area (Å²) in [5.74, 6) is 0. The van der Waals surface area contributed by atoms with Crippen LogP contribution in [0.5, 0.6) is 0 Å². The standard InChI is InChI=1S/C3H3O3/c4-3-5-1-2-6-3/h1,3-4H. The molecule has 1 aliphatic heterocycles. The van der Waals surface area contributed by atoms with E-state index in [0.717, 1.165) is 6.26 Å². The minimum atomic E-state index is -1.12. The number of hydrogen-bond donors (Lipinski definition) is 1. The van der Waals surface area contributed by atoms with Crippen molar-refractivity contribution in [2.24, 2.45) is 0 Å². The fourth-order valence-corrected chi connectivity index (χ4v) is 0.200. The van der Waals surface area contributed by atoms with Crippen molar-refractivity contribution < 1.29 is 14.6 Å². The van der Waals surface area contributed by atoms with Crippen LogP contribution in [0.1, 0.15) is 0 Å². The Morgan fingerprint density at radius 2 is 2.67 bits per heavy atom. The molecule has 0 saturated heterocycles. The molecule has 1 heterocycles. The first kappa shape index (κ1) is 3.49. The number of aliphatic hydroxyl groups is 1. The lowest BCUT2D eigenvalue weighted by molar-refractivity contribution is -0.186. The van der Waals surface area contributed by atoms with Crippen LogP contribution in [0.25, 0.3) is 0 Å². The van der Waals surface area contributed by atoms with Crippen molar-refractivity contribution in [1.82, 2.24) is 0 Å². The van der Waals surface area contributed by atoms with E-state index in [1.807, 2.05) is 0 Å². The van der Waals surface area contributed by atoms with Gasteiger partial charge in [0.2, 0.25) is 6.26 Å². The van der Waals surface area contributed by atoms with Crippen LogP contribution >= 0.6 is 0 Å². The number of rotatable bonds is 0. The molecule has 0 spiro atoms. The van der Waals surface area contributed by atoms with Crippen molar-refractivity contribution in [3.05, 3.63) is 12.5 Å². The van der Waals surface area contributed by atoms with Gasteiger partial charge in [0, 0.05) is 0 Å². The van der Waals surface area contributed by atoms with E-state index in [4.69, 9.17) is 5.11 Å². The molecule has 0 aromatic heterocycles. The molecule has 0 aliphatic carbocycles. The van der Waals surface area contributed by atoms with Crippen LogP contribution in [0.2, 0.25) is 0 Å². The van der Waals surface area contributed by atoms with Gasteiger partial charge >= 0.3 is 6.48 Å². The molecule has 3 nitrogen and oxygen atoms in total. The molecule has 1 unspecified atom stereocenters. The Morgan fingerprint density at radius 1 is 1.83 bits per heavy atom. The SMILES string of the molecule is OC1O[C]=CO1. The average Bonchev–Trinajstić information content (AvgIpc) is 1.86. The predicted molar refractivity (Wildman–Crippen MR) is 16.0 cm³/mol. The van der Waals surface area contributed by atoms with Crippen LogP contribution in [0, 0.1) is 6.26 Å². The first-order valence-corrected chi connectivity index (χ1v) is 1.46. The summed E-state index contributed by atoms with van der Waals surface area (Å²) >= 11 is 0. The van der Waals surface area contributed by atoms with Gasteiger partial charge in [-0.05, 0) is 0 Å². The molecule has 0 amide bonds. The molecule has 6 heavy (non-hydrogen) atoms. The zero-order chi connectivity index (χ0) is 4.41. The number of hydrogen-bond acceptors (Lipinski definition) is 3. The van der Waals surface area contributed by atoms with Gasteiger partial charge in [0.25, 0.3) is 0 Å². The van der Waals surface area contributed by atoms with Gasteiger partial charge in [-0.2, -0.15) is 0 Å². The molecule has 1 radical (unpaired) electrons. The summed E-state index contributed by atoms with van der Waals surface area (Å²) in [6.07, 6.45) is 3.33. The van der Waals surface area contributed by atoms with Crippen molar-refractivity contribution >= 4 is 0 Å². The van der Waals surface area contributed by atoms with Gasteiger partial charge in [0.1, 0.15) is 6.26 Å². The second-order valence-electron chi connectivity index (χ2n) is 0.797. The first-order chi connectivity index (χ1) is 2.89. The smallest absolute Gasteiger partial charge is 0.358 e. The predicted octanol–water partition coefficient (Wildman–Crippen LogP) is -0.417. The van der Waals surface area contributed by atoms with Gasteiger partial charge in [-0.1, -0.05) is 0 Å². The van der Waals surface area contributed by atoms with E-state index in [2.05, 4.69) is 15.7 Å². The summed E-state index contributed by atoms with van der Waals surface area (Å²) in [6, 6.07) is 0. The number of ether oxygens (including phenoxy) is 2. The zero-order valence-corrected chi connectivity index (χ0v) is 2.92. The molecule has 1 atom stereocenters. The fourth-order valence-electron chi connectivity index (χ4n) is 0.200. The molecule has 1 N–H and O–H groups in total. The maximum atomic E-state index is 8.19. The maximum absolute atomic E-state index is 8.19. The van der Waals surface area contributed by atoms with Crippen molar-refractivity contribution in [2.75, 3.05) is 0 Å². The molecule has 0 fully saturated rings. The van der Waals surface area contributed by atoms with Crippen LogP contribution in [-0.2, 0) is 9.47 Å². The molecular weight excluding hydrogens is 84.0 g/mol. The third kappa shape index (κ3) is 0.440. The molecule has 0 bridgehead atoms. The van der Waals surface area contributed by atoms with Crippen molar-refractivity contribution in [1.29, 1.82) is 0 Å². The van der Waals surface area contributed by atoms with Gasteiger partial charge in [-0.25, -0.2) is 0 Å². The largest absolute Gasteiger partial charge is 0.436 e. The lowest BCUT2D eigenvalue weighted by atomic mass is 11.1. The van der Waals surface area contributed by atoms with E-state index >= 15 is 0 Å². The third-order valence-electron chi connectivity index (χ3n) is 0.401. The van der Waals surface area contributed by atoms with Crippen LogP contribution in [0.3, 0.4) is 0 Å². The Balaban J connectivity index is 2.32. The Bertz CT molecular complexity index is 60.4. The second kappa shape index (κ2) is 1.18. The molecule has 3 heteroatoms. The Hall–Kier alpha value is -0.700. The molecule has 0 aromatic carbocycles. The average molecular weight is 87.1 g/mol. The van der Waals surface area contributed by atoms with Crippen molar-refractivity contribution in [2.45, 2.75) is 6.48 Å². The summed E-state index contributed by atoms with van der Waals surface area (Å²) in [5, 5.41) is 8.19. The minimum Gasteiger partial charge on any atom is -0.436 e. The second-order valence-corrected chi connectivity index (χ2v) is 0.797. The first-order valence-electron chi connectivity index (χ1n) is 1.46. The Labute approximate surface area is 34.8 Å². The quantitative estimate of drug-likeness (QED) is 0.436. The van der Waals surface area contributed by atoms with E-state index in [1.54, 1.807) is 0 Å². The molecule has 33 valence electrons. The molecular formula is C3H3O3. The van der Waals surface area contributed by atoms with Crippen LogP contribution < -0.4 is 0 Å². The summed E-state index contributed by atoms with van der Waals surface area (Å²) in [7, 11) is 0. The molecule has 0 saturated carbocycles. The Kier molecular flexibility index (Phi) is 0.686. The summed E-state index contributed by atoms with van der Waals surface area (Å²) in [4.78, 5) is 0. The molecule has 1 rings (SSSR count). The number of aliphatic hydroxyl groups excluding tert-OH is 1. The van der Waals surface area contributed by atoms with Gasteiger partial charge in [0.15, 0.2) is 0 Å². The van der Waals surface area contributed by atoms with Crippen LogP contribution in [-0.4, -0.2) is 11.6 Å². The third-order valence-corrected chi connectivity index (χ3v) is 0.401. The van der Waals surface area contributed by atoms with Gasteiger partial charge < -0.3 is 14.6 Å². The van der Waals surface area contributed by atoms with E-state index < -0.39 is 6.48 Å². The van der Waals surface area contributed by atoms with E-state index in [-0.39, 0.29) is 0 Å². The highest BCUT2D eigenvalue weighted by Gasteiger charge is 2.04. The van der Waals surface area contributed by atoms with E-state index in [0.29, 0.717) is 0 Å². The van der Waals surface area contributed by atoms with Gasteiger partial charge in [0.05, 0.1) is 0 Å². The summed E-state index contributed by atoms with van der Waals surface area (Å²) in [5.41, 5.74) is 0. The van der Waals surface area contributed by atoms with E-state index in [1.165, 1.54) is 0 Å². The fraction of sp³-hybridized carbons (Fsp3) is 0.333. The topological polar surface area (TPSA) is 38.7 Å². The van der Waals surface area contributed by atoms with Crippen LogP contribution in [0.15, 0.2) is 6.26 Å². The highest BCUT2D eigenvalue weighted by molar-refractivity contribution is 4.56. The summed E-state index contributed by atoms with van der Waals surface area (Å²) in [6.45, 7) is -1.12. The van der Waals surface area contributed by atoms with Crippen molar-refractivity contribution in [3.63, 3.8) is 0 Å². The normalized spacial score (nSPS) is 20.2. The molecule has 1 aliphatic rings. The maximum Gasteiger partial charge on any atom is 0.358 e. The minimum absolute atomic E-state index is 1.12. The van der Waals surface area contributed by atoms with Crippen molar-refractivity contribution in [3.8, 4) is 0 Å². The highest BCUT2D eigenvalue weighted by atomic mass is 16.8. The monoisotopic (exact) mass is 87.0 g/mol. The molecule has 0 aromatic rings. The zero-order valence-electron chi connectivity index (χ0n) is 2.92. The van der Waals surface area contributed by atoms with Crippen LogP contribution in [0.4, 0.5) is 0 Å². The Morgan fingerprint density at radius 3 is 2.83 bits per heavy atom. The lowest BCUT2D eigenvalue weighted by Crippen LogP contribution is -2.02. The lowest BCUT2D eigenvalue weighted by Gasteiger charge is -1.96. The van der Waals surface area contributed by atoms with Gasteiger partial charge in [-0.3, -0.25) is 0 Å².